The Morgan fingerprint density at radius 2 is 1.68 bits per heavy atom. The van der Waals surface area contributed by atoms with Crippen molar-refractivity contribution in [1.29, 1.82) is 0 Å². The van der Waals surface area contributed by atoms with Gasteiger partial charge in [0, 0.05) is 43.1 Å². The summed E-state index contributed by atoms with van der Waals surface area (Å²) in [5.74, 6) is 0.735. The molecule has 1 amide bonds. The summed E-state index contributed by atoms with van der Waals surface area (Å²) in [7, 11) is -3.28. The van der Waals surface area contributed by atoms with Crippen LogP contribution in [0.3, 0.4) is 0 Å². The Bertz CT molecular complexity index is 1440. The first kappa shape index (κ1) is 29.1. The molecule has 0 bridgehead atoms. The fourth-order valence-electron chi connectivity index (χ4n) is 6.23. The molecule has 1 N–H and O–H groups in total. The zero-order valence-electron chi connectivity index (χ0n) is 24.0. The van der Waals surface area contributed by atoms with Crippen LogP contribution in [0, 0.1) is 12.8 Å². The second-order valence-corrected chi connectivity index (χ2v) is 13.6. The van der Waals surface area contributed by atoms with Gasteiger partial charge >= 0.3 is 0 Å². The summed E-state index contributed by atoms with van der Waals surface area (Å²) in [5, 5.41) is 10.3. The molecule has 2 aliphatic rings. The van der Waals surface area contributed by atoms with Crippen LogP contribution in [0.1, 0.15) is 60.2 Å². The van der Waals surface area contributed by atoms with Crippen LogP contribution in [0.15, 0.2) is 71.8 Å². The number of likely N-dealkylation sites (tertiary alicyclic amines) is 2. The number of nitrogens with zero attached hydrogens (tertiary/aromatic N) is 3. The van der Waals surface area contributed by atoms with Crippen molar-refractivity contribution in [2.24, 2.45) is 5.92 Å². The Morgan fingerprint density at radius 3 is 2.27 bits per heavy atom. The summed E-state index contributed by atoms with van der Waals surface area (Å²) in [6, 6.07) is 17.8. The molecule has 1 unspecified atom stereocenters. The minimum atomic E-state index is -3.28. The minimum Gasteiger partial charge on any atom is -0.507 e. The molecular weight excluding hydrogens is 538 g/mol. The highest BCUT2D eigenvalue weighted by Crippen LogP contribution is 2.39. The molecule has 2 fully saturated rings. The average Bonchev–Trinajstić information content (AvgIpc) is 2.96. The Hall–Kier alpha value is -3.43. The fourth-order valence-corrected chi connectivity index (χ4v) is 6.86. The topological polar surface area (TPSA) is 100 Å². The van der Waals surface area contributed by atoms with E-state index < -0.39 is 9.84 Å². The third-order valence-corrected chi connectivity index (χ3v) is 9.97. The number of phenols is 1. The molecule has 1 aromatic heterocycles. The van der Waals surface area contributed by atoms with Crippen molar-refractivity contribution in [3.8, 4) is 11.6 Å². The van der Waals surface area contributed by atoms with E-state index in [0.717, 1.165) is 49.9 Å². The van der Waals surface area contributed by atoms with Crippen LogP contribution in [0.4, 0.5) is 0 Å². The van der Waals surface area contributed by atoms with Crippen LogP contribution in [0.2, 0.25) is 0 Å². The van der Waals surface area contributed by atoms with Gasteiger partial charge in [0.1, 0.15) is 11.9 Å². The van der Waals surface area contributed by atoms with Gasteiger partial charge in [-0.05, 0) is 88.0 Å². The number of hydrogen-bond donors (Lipinski definition) is 1. The summed E-state index contributed by atoms with van der Waals surface area (Å²) in [6.45, 7) is 7.29. The standard InChI is InChI=1S/C32H39N3O5S/c1-23-7-6-8-27(36)29(23)31(37)34-21-16-32(2,17-22-34)35-19-14-25(15-20-35)30(40-28-9-4-5-18-33-28)24-10-12-26(13-11-24)41(3,38)39/h4-13,18,25,30,36H,14-17,19-22H2,1-3H3. The number of hydrogen-bond acceptors (Lipinski definition) is 7. The molecule has 9 heteroatoms. The fraction of sp³-hybridized carbons (Fsp3) is 0.438. The number of ether oxygens (including phenoxy) is 1. The van der Waals surface area contributed by atoms with E-state index in [-0.39, 0.29) is 29.2 Å². The molecule has 2 saturated heterocycles. The SMILES string of the molecule is Cc1cccc(O)c1C(=O)N1CCC(C)(N2CCC(C(Oc3ccccn3)c3ccc(S(C)(=O)=O)cc3)CC2)CC1. The third kappa shape index (κ3) is 6.41. The quantitative estimate of drug-likeness (QED) is 0.421. The number of aryl methyl sites for hydroxylation is 1. The van der Waals surface area contributed by atoms with Crippen molar-refractivity contribution >= 4 is 15.7 Å². The van der Waals surface area contributed by atoms with Gasteiger partial charge < -0.3 is 14.7 Å². The van der Waals surface area contributed by atoms with Crippen molar-refractivity contribution in [2.75, 3.05) is 32.4 Å². The van der Waals surface area contributed by atoms with Crippen LogP contribution in [0.5, 0.6) is 11.6 Å². The van der Waals surface area contributed by atoms with Crippen LogP contribution < -0.4 is 4.74 Å². The summed E-state index contributed by atoms with van der Waals surface area (Å²) in [4.78, 5) is 22.3. The maximum absolute atomic E-state index is 13.2. The van der Waals surface area contributed by atoms with Crippen molar-refractivity contribution in [3.05, 3.63) is 83.6 Å². The van der Waals surface area contributed by atoms with Crippen molar-refractivity contribution in [3.63, 3.8) is 0 Å². The first-order valence-corrected chi connectivity index (χ1v) is 16.1. The lowest BCUT2D eigenvalue weighted by atomic mass is 9.82. The van der Waals surface area contributed by atoms with E-state index in [1.165, 1.54) is 6.26 Å². The number of amides is 1. The molecule has 1 atom stereocenters. The van der Waals surface area contributed by atoms with Gasteiger partial charge in [-0.15, -0.1) is 0 Å². The second kappa shape index (κ2) is 11.8. The van der Waals surface area contributed by atoms with E-state index in [2.05, 4.69) is 16.8 Å². The van der Waals surface area contributed by atoms with E-state index >= 15 is 0 Å². The number of aromatic nitrogens is 1. The molecule has 8 nitrogen and oxygen atoms in total. The van der Waals surface area contributed by atoms with Crippen LogP contribution in [0.25, 0.3) is 0 Å². The molecule has 3 heterocycles. The van der Waals surface area contributed by atoms with Crippen molar-refractivity contribution in [2.45, 2.75) is 56.1 Å². The zero-order valence-corrected chi connectivity index (χ0v) is 24.8. The number of aromatic hydroxyl groups is 1. The number of phenolic OH excluding ortho intramolecular Hbond substituents is 1. The van der Waals surface area contributed by atoms with Crippen molar-refractivity contribution < 1.29 is 23.1 Å². The van der Waals surface area contributed by atoms with E-state index in [1.54, 1.807) is 30.5 Å². The second-order valence-electron chi connectivity index (χ2n) is 11.6. The molecule has 41 heavy (non-hydrogen) atoms. The van der Waals surface area contributed by atoms with Gasteiger partial charge in [0.25, 0.3) is 5.91 Å². The van der Waals surface area contributed by atoms with Crippen LogP contribution >= 0.6 is 0 Å². The molecule has 5 rings (SSSR count). The number of rotatable bonds is 7. The van der Waals surface area contributed by atoms with Gasteiger partial charge in [-0.2, -0.15) is 0 Å². The van der Waals surface area contributed by atoms with Gasteiger partial charge in [-0.1, -0.05) is 30.3 Å². The molecule has 0 saturated carbocycles. The van der Waals surface area contributed by atoms with Crippen LogP contribution in [-0.2, 0) is 9.84 Å². The van der Waals surface area contributed by atoms with E-state index in [9.17, 15) is 18.3 Å². The Morgan fingerprint density at radius 1 is 1.00 bits per heavy atom. The summed E-state index contributed by atoms with van der Waals surface area (Å²) < 4.78 is 30.4. The lowest BCUT2D eigenvalue weighted by Gasteiger charge is -2.49. The average molecular weight is 578 g/mol. The smallest absolute Gasteiger partial charge is 0.257 e. The monoisotopic (exact) mass is 577 g/mol. The van der Waals surface area contributed by atoms with E-state index in [0.29, 0.717) is 29.4 Å². The Labute approximate surface area is 242 Å². The third-order valence-electron chi connectivity index (χ3n) is 8.85. The number of pyridine rings is 1. The number of sulfone groups is 1. The van der Waals surface area contributed by atoms with Gasteiger partial charge in [-0.25, -0.2) is 13.4 Å². The zero-order chi connectivity index (χ0) is 29.2. The highest BCUT2D eigenvalue weighted by molar-refractivity contribution is 7.90. The molecule has 0 aliphatic carbocycles. The predicted molar refractivity (Wildman–Crippen MR) is 158 cm³/mol. The molecule has 0 spiro atoms. The maximum atomic E-state index is 13.2. The number of benzene rings is 2. The number of carbonyl (C=O) groups is 1. The maximum Gasteiger partial charge on any atom is 0.257 e. The molecular formula is C32H39N3O5S. The summed E-state index contributed by atoms with van der Waals surface area (Å²) in [6.07, 6.45) is 6.29. The molecule has 0 radical (unpaired) electrons. The molecule has 3 aromatic rings. The number of carbonyl (C=O) groups excluding carboxylic acids is 1. The molecule has 218 valence electrons. The van der Waals surface area contributed by atoms with Gasteiger partial charge in [0.15, 0.2) is 9.84 Å². The van der Waals surface area contributed by atoms with Crippen LogP contribution in [-0.4, -0.2) is 72.2 Å². The molecule has 2 aliphatic heterocycles. The van der Waals surface area contributed by atoms with Gasteiger partial charge in [-0.3, -0.25) is 9.69 Å². The predicted octanol–water partition coefficient (Wildman–Crippen LogP) is 5.03. The van der Waals surface area contributed by atoms with Gasteiger partial charge in [0.05, 0.1) is 10.5 Å². The molecule has 2 aromatic carbocycles. The number of piperidine rings is 2. The summed E-state index contributed by atoms with van der Waals surface area (Å²) >= 11 is 0. The lowest BCUT2D eigenvalue weighted by Crippen LogP contribution is -2.56. The lowest BCUT2D eigenvalue weighted by molar-refractivity contribution is -0.00617. The first-order valence-electron chi connectivity index (χ1n) is 14.3. The van der Waals surface area contributed by atoms with Gasteiger partial charge in [0.2, 0.25) is 5.88 Å². The highest BCUT2D eigenvalue weighted by Gasteiger charge is 2.40. The van der Waals surface area contributed by atoms with E-state index in [4.69, 9.17) is 4.74 Å². The Kier molecular flexibility index (Phi) is 8.38. The first-order chi connectivity index (χ1) is 19.5. The normalized spacial score (nSPS) is 19.0. The van der Waals surface area contributed by atoms with E-state index in [1.807, 2.05) is 48.2 Å². The Balaban J connectivity index is 1.25. The highest BCUT2D eigenvalue weighted by atomic mass is 32.2. The minimum absolute atomic E-state index is 0.00992. The van der Waals surface area contributed by atoms with Crippen molar-refractivity contribution in [1.82, 2.24) is 14.8 Å². The largest absolute Gasteiger partial charge is 0.507 e. The summed E-state index contributed by atoms with van der Waals surface area (Å²) in [5.41, 5.74) is 2.13.